The van der Waals surface area contributed by atoms with Crippen molar-refractivity contribution in [3.8, 4) is 22.6 Å². The molecule has 0 saturated heterocycles. The molecule has 0 N–H and O–H groups in total. The number of fused-ring (bicyclic) bond motifs is 1. The lowest BCUT2D eigenvalue weighted by Gasteiger charge is -2.01. The van der Waals surface area contributed by atoms with Crippen LogP contribution in [0, 0.1) is 0 Å². The number of rotatable bonds is 4. The van der Waals surface area contributed by atoms with E-state index in [2.05, 4.69) is 40.7 Å². The summed E-state index contributed by atoms with van der Waals surface area (Å²) in [5, 5.41) is 9.20. The van der Waals surface area contributed by atoms with E-state index in [1.807, 2.05) is 25.1 Å². The van der Waals surface area contributed by atoms with Gasteiger partial charge in [-0.05, 0) is 42.2 Å². The first-order chi connectivity index (χ1) is 11.8. The van der Waals surface area contributed by atoms with E-state index in [0.717, 1.165) is 34.1 Å². The topological polar surface area (TPSA) is 52.1 Å². The van der Waals surface area contributed by atoms with Crippen LogP contribution in [0.25, 0.3) is 33.6 Å². The number of hydrogen-bond acceptors (Lipinski definition) is 5. The number of nitrogens with zero attached hydrogens (tertiary/aromatic N) is 2. The summed E-state index contributed by atoms with van der Waals surface area (Å²) < 4.78 is 11.4. The zero-order valence-electron chi connectivity index (χ0n) is 13.4. The first kappa shape index (κ1) is 15.0. The van der Waals surface area contributed by atoms with Crippen LogP contribution in [0.1, 0.15) is 12.8 Å². The van der Waals surface area contributed by atoms with Crippen molar-refractivity contribution in [1.82, 2.24) is 10.2 Å². The second-order valence-corrected chi connectivity index (χ2v) is 6.32. The Bertz CT molecular complexity index is 986. The van der Waals surface area contributed by atoms with Gasteiger partial charge in [0.1, 0.15) is 5.58 Å². The Kier molecular flexibility index (Phi) is 3.86. The predicted molar refractivity (Wildman–Crippen MR) is 96.1 cm³/mol. The molecule has 4 aromatic rings. The molecule has 120 valence electrons. The van der Waals surface area contributed by atoms with Gasteiger partial charge in [-0.15, -0.1) is 22.0 Å². The Morgan fingerprint density at radius 2 is 1.79 bits per heavy atom. The van der Waals surface area contributed by atoms with Gasteiger partial charge < -0.3 is 8.83 Å². The average molecular weight is 336 g/mol. The second-order valence-electron chi connectivity index (χ2n) is 5.44. The van der Waals surface area contributed by atoms with E-state index < -0.39 is 0 Å². The van der Waals surface area contributed by atoms with E-state index in [1.54, 1.807) is 18.0 Å². The molecule has 5 heteroatoms. The van der Waals surface area contributed by atoms with Gasteiger partial charge in [0.25, 0.3) is 0 Å². The van der Waals surface area contributed by atoms with Crippen LogP contribution < -0.4 is 0 Å². The molecule has 2 aromatic carbocycles. The van der Waals surface area contributed by atoms with Crippen LogP contribution in [0.15, 0.2) is 62.5 Å². The summed E-state index contributed by atoms with van der Waals surface area (Å²) in [5.41, 5.74) is 3.94. The van der Waals surface area contributed by atoms with Crippen molar-refractivity contribution in [2.24, 2.45) is 0 Å². The van der Waals surface area contributed by atoms with Crippen molar-refractivity contribution >= 4 is 22.7 Å². The smallest absolute Gasteiger partial charge is 0.247 e. The molecule has 4 rings (SSSR count). The van der Waals surface area contributed by atoms with Crippen molar-refractivity contribution in [3.05, 3.63) is 54.6 Å². The fourth-order valence-electron chi connectivity index (χ4n) is 2.67. The third-order valence-electron chi connectivity index (χ3n) is 3.99. The van der Waals surface area contributed by atoms with Gasteiger partial charge in [-0.2, -0.15) is 0 Å². The molecule has 0 fully saturated rings. The molecule has 24 heavy (non-hydrogen) atoms. The highest BCUT2D eigenvalue weighted by molar-refractivity contribution is 7.98. The Morgan fingerprint density at radius 1 is 1.00 bits per heavy atom. The Morgan fingerprint density at radius 3 is 2.50 bits per heavy atom. The second kappa shape index (κ2) is 6.17. The molecular formula is C19H16N2O2S. The van der Waals surface area contributed by atoms with Gasteiger partial charge in [0, 0.05) is 27.8 Å². The van der Waals surface area contributed by atoms with E-state index in [4.69, 9.17) is 8.83 Å². The fourth-order valence-corrected chi connectivity index (χ4v) is 3.08. The van der Waals surface area contributed by atoms with E-state index in [-0.39, 0.29) is 0 Å². The largest absolute Gasteiger partial charge is 0.464 e. The molecule has 0 aliphatic heterocycles. The van der Waals surface area contributed by atoms with Crippen LogP contribution >= 0.6 is 11.8 Å². The summed E-state index contributed by atoms with van der Waals surface area (Å²) in [6.45, 7) is 1.99. The monoisotopic (exact) mass is 336 g/mol. The summed E-state index contributed by atoms with van der Waals surface area (Å²) in [7, 11) is 0. The van der Waals surface area contributed by atoms with Crippen LogP contribution in [0.3, 0.4) is 0 Å². The van der Waals surface area contributed by atoms with E-state index in [9.17, 15) is 0 Å². The molecule has 0 atom stereocenters. The minimum absolute atomic E-state index is 0.540. The van der Waals surface area contributed by atoms with Crippen LogP contribution in [-0.4, -0.2) is 16.5 Å². The van der Waals surface area contributed by atoms with Crippen molar-refractivity contribution in [1.29, 1.82) is 0 Å². The Hall–Kier alpha value is -2.53. The van der Waals surface area contributed by atoms with Crippen LogP contribution in [-0.2, 0) is 6.42 Å². The van der Waals surface area contributed by atoms with Crippen LogP contribution in [0.5, 0.6) is 0 Å². The van der Waals surface area contributed by atoms with E-state index in [0.29, 0.717) is 11.8 Å². The van der Waals surface area contributed by atoms with Gasteiger partial charge in [0.15, 0.2) is 0 Å². The van der Waals surface area contributed by atoms with Gasteiger partial charge in [-0.1, -0.05) is 19.1 Å². The van der Waals surface area contributed by atoms with Gasteiger partial charge >= 0.3 is 0 Å². The van der Waals surface area contributed by atoms with Crippen LogP contribution in [0.4, 0.5) is 0 Å². The number of benzene rings is 2. The first-order valence-corrected chi connectivity index (χ1v) is 8.99. The molecule has 0 unspecified atom stereocenters. The maximum Gasteiger partial charge on any atom is 0.247 e. The molecule has 0 saturated carbocycles. The highest BCUT2D eigenvalue weighted by Gasteiger charge is 2.13. The Labute approximate surface area is 143 Å². The molecule has 4 nitrogen and oxygen atoms in total. The normalized spacial score (nSPS) is 11.2. The SMILES string of the molecule is CCc1nnc(-c2ccc3occ(-c4ccc(SC)cc4)c3c2)o1. The summed E-state index contributed by atoms with van der Waals surface area (Å²) in [6.07, 6.45) is 4.60. The van der Waals surface area contributed by atoms with Gasteiger partial charge in [-0.25, -0.2) is 0 Å². The molecule has 0 bridgehead atoms. The minimum Gasteiger partial charge on any atom is -0.464 e. The molecule has 0 radical (unpaired) electrons. The minimum atomic E-state index is 0.540. The van der Waals surface area contributed by atoms with Gasteiger partial charge in [0.2, 0.25) is 11.8 Å². The van der Waals surface area contributed by atoms with Crippen molar-refractivity contribution in [2.45, 2.75) is 18.2 Å². The van der Waals surface area contributed by atoms with E-state index >= 15 is 0 Å². The number of thioether (sulfide) groups is 1. The molecular weight excluding hydrogens is 320 g/mol. The molecule has 0 spiro atoms. The predicted octanol–water partition coefficient (Wildman–Crippen LogP) is 5.43. The highest BCUT2D eigenvalue weighted by atomic mass is 32.2. The number of aryl methyl sites for hydroxylation is 1. The first-order valence-electron chi connectivity index (χ1n) is 7.77. The maximum atomic E-state index is 5.71. The Balaban J connectivity index is 1.80. The lowest BCUT2D eigenvalue weighted by molar-refractivity contribution is 0.513. The fraction of sp³-hybridized carbons (Fsp3) is 0.158. The third-order valence-corrected chi connectivity index (χ3v) is 4.73. The lowest BCUT2D eigenvalue weighted by atomic mass is 10.0. The average Bonchev–Trinajstić information content (AvgIpc) is 3.28. The van der Waals surface area contributed by atoms with Gasteiger partial charge in [-0.3, -0.25) is 0 Å². The molecule has 2 heterocycles. The van der Waals surface area contributed by atoms with Crippen molar-refractivity contribution < 1.29 is 8.83 Å². The maximum absolute atomic E-state index is 5.71. The zero-order chi connectivity index (χ0) is 16.5. The summed E-state index contributed by atoms with van der Waals surface area (Å²) in [4.78, 5) is 1.24. The summed E-state index contributed by atoms with van der Waals surface area (Å²) in [6, 6.07) is 14.4. The highest BCUT2D eigenvalue weighted by Crippen LogP contribution is 2.34. The summed E-state index contributed by atoms with van der Waals surface area (Å²) in [5.74, 6) is 1.18. The zero-order valence-corrected chi connectivity index (χ0v) is 14.3. The molecule has 2 aromatic heterocycles. The third kappa shape index (κ3) is 2.61. The van der Waals surface area contributed by atoms with Gasteiger partial charge in [0.05, 0.1) is 6.26 Å². The van der Waals surface area contributed by atoms with E-state index in [1.165, 1.54) is 4.90 Å². The number of hydrogen-bond donors (Lipinski definition) is 0. The molecule has 0 aliphatic rings. The quantitative estimate of drug-likeness (QED) is 0.465. The van der Waals surface area contributed by atoms with Crippen molar-refractivity contribution in [2.75, 3.05) is 6.26 Å². The molecule has 0 aliphatic carbocycles. The van der Waals surface area contributed by atoms with Crippen LogP contribution in [0.2, 0.25) is 0 Å². The molecule has 0 amide bonds. The number of aromatic nitrogens is 2. The number of furan rings is 1. The van der Waals surface area contributed by atoms with Crippen molar-refractivity contribution in [3.63, 3.8) is 0 Å². The standard InChI is InChI=1S/C19H16N2O2S/c1-3-18-20-21-19(23-18)13-6-9-17-15(10-13)16(11-22-17)12-4-7-14(24-2)8-5-12/h4-11H,3H2,1-2H3. The lowest BCUT2D eigenvalue weighted by Crippen LogP contribution is -1.80. The summed E-state index contributed by atoms with van der Waals surface area (Å²) >= 11 is 1.73.